The highest BCUT2D eigenvalue weighted by Gasteiger charge is 2.18. The van der Waals surface area contributed by atoms with Gasteiger partial charge < -0.3 is 9.47 Å². The van der Waals surface area contributed by atoms with Gasteiger partial charge in [-0.3, -0.25) is 4.79 Å². The summed E-state index contributed by atoms with van der Waals surface area (Å²) in [5.41, 5.74) is 0.196. The maximum absolute atomic E-state index is 13.7. The van der Waals surface area contributed by atoms with Crippen molar-refractivity contribution in [2.45, 2.75) is 24.3 Å². The molecule has 0 spiro atoms. The van der Waals surface area contributed by atoms with Crippen molar-refractivity contribution in [3.8, 4) is 22.6 Å². The minimum Gasteiger partial charge on any atom is -0.487 e. The quantitative estimate of drug-likeness (QED) is 0.508. The van der Waals surface area contributed by atoms with Gasteiger partial charge in [0.2, 0.25) is 0 Å². The van der Waals surface area contributed by atoms with Crippen LogP contribution >= 0.6 is 0 Å². The molecule has 0 saturated heterocycles. The van der Waals surface area contributed by atoms with E-state index < -0.39 is 27.0 Å². The highest BCUT2D eigenvalue weighted by molar-refractivity contribution is 7.90. The second-order valence-corrected chi connectivity index (χ2v) is 9.20. The zero-order chi connectivity index (χ0) is 23.5. The number of aromatic nitrogens is 2. The standard InChI is InChI=1S/C22H22F2N2O5S/c1-14(30-2)10-11-31-21-18(15-4-7-17(8-5-15)32(3,28)29)13-25-26(22(21)27)16-6-9-19(23)20(24)12-16/h4-9,12-14H,10-11H2,1-3H3. The second-order valence-electron chi connectivity index (χ2n) is 7.18. The van der Waals surface area contributed by atoms with Crippen LogP contribution in [0.5, 0.6) is 5.75 Å². The van der Waals surface area contributed by atoms with E-state index in [-0.39, 0.29) is 29.0 Å². The summed E-state index contributed by atoms with van der Waals surface area (Å²) in [6.45, 7) is 2.00. The third-order valence-electron chi connectivity index (χ3n) is 4.85. The van der Waals surface area contributed by atoms with Gasteiger partial charge in [0, 0.05) is 31.4 Å². The van der Waals surface area contributed by atoms with E-state index in [0.29, 0.717) is 17.5 Å². The summed E-state index contributed by atoms with van der Waals surface area (Å²) in [6, 6.07) is 8.91. The van der Waals surface area contributed by atoms with Crippen LogP contribution in [-0.2, 0) is 14.6 Å². The Morgan fingerprint density at radius 3 is 2.38 bits per heavy atom. The van der Waals surface area contributed by atoms with Crippen LogP contribution in [0.25, 0.3) is 16.8 Å². The molecule has 1 unspecified atom stereocenters. The molecule has 0 aliphatic carbocycles. The van der Waals surface area contributed by atoms with Crippen LogP contribution in [0.3, 0.4) is 0 Å². The lowest BCUT2D eigenvalue weighted by atomic mass is 10.1. The van der Waals surface area contributed by atoms with Crippen molar-refractivity contribution in [2.75, 3.05) is 20.0 Å². The van der Waals surface area contributed by atoms with Gasteiger partial charge in [0.05, 0.1) is 29.5 Å². The van der Waals surface area contributed by atoms with Gasteiger partial charge in [-0.1, -0.05) is 12.1 Å². The first kappa shape index (κ1) is 23.6. The lowest BCUT2D eigenvalue weighted by Crippen LogP contribution is -2.25. The van der Waals surface area contributed by atoms with Crippen LogP contribution in [0.2, 0.25) is 0 Å². The molecule has 0 aliphatic heterocycles. The number of hydrogen-bond donors (Lipinski definition) is 0. The molecule has 0 amide bonds. The third-order valence-corrected chi connectivity index (χ3v) is 5.98. The second kappa shape index (κ2) is 9.58. The zero-order valence-corrected chi connectivity index (χ0v) is 18.5. The minimum atomic E-state index is -3.39. The molecule has 170 valence electrons. The summed E-state index contributed by atoms with van der Waals surface area (Å²) in [5, 5.41) is 4.08. The maximum atomic E-state index is 13.7. The Hall–Kier alpha value is -3.11. The van der Waals surface area contributed by atoms with Gasteiger partial charge in [-0.2, -0.15) is 9.78 Å². The smallest absolute Gasteiger partial charge is 0.314 e. The summed E-state index contributed by atoms with van der Waals surface area (Å²) < 4.78 is 62.3. The summed E-state index contributed by atoms with van der Waals surface area (Å²) >= 11 is 0. The molecular formula is C22H22F2N2O5S. The average molecular weight is 464 g/mol. The van der Waals surface area contributed by atoms with Gasteiger partial charge in [0.1, 0.15) is 0 Å². The molecule has 1 heterocycles. The zero-order valence-electron chi connectivity index (χ0n) is 17.7. The maximum Gasteiger partial charge on any atom is 0.314 e. The largest absolute Gasteiger partial charge is 0.487 e. The molecule has 0 N–H and O–H groups in total. The monoisotopic (exact) mass is 464 g/mol. The molecule has 0 bridgehead atoms. The first-order valence-corrected chi connectivity index (χ1v) is 11.5. The van der Waals surface area contributed by atoms with Crippen LogP contribution in [0.1, 0.15) is 13.3 Å². The lowest BCUT2D eigenvalue weighted by molar-refractivity contribution is 0.0953. The van der Waals surface area contributed by atoms with Gasteiger partial charge in [-0.05, 0) is 36.8 Å². The number of nitrogens with zero attached hydrogens (tertiary/aromatic N) is 2. The van der Waals surface area contributed by atoms with E-state index >= 15 is 0 Å². The molecule has 0 saturated carbocycles. The Morgan fingerprint density at radius 1 is 1.09 bits per heavy atom. The predicted molar refractivity (Wildman–Crippen MR) is 115 cm³/mol. The Labute approximate surface area is 184 Å². The van der Waals surface area contributed by atoms with Crippen molar-refractivity contribution >= 4 is 9.84 Å². The number of hydrogen-bond acceptors (Lipinski definition) is 6. The van der Waals surface area contributed by atoms with Gasteiger partial charge in [-0.15, -0.1) is 0 Å². The van der Waals surface area contributed by atoms with Crippen molar-refractivity contribution in [1.29, 1.82) is 0 Å². The van der Waals surface area contributed by atoms with Gasteiger partial charge in [0.15, 0.2) is 27.2 Å². The van der Waals surface area contributed by atoms with Crippen molar-refractivity contribution in [3.05, 3.63) is 70.6 Å². The summed E-state index contributed by atoms with van der Waals surface area (Å²) in [5.74, 6) is -2.22. The van der Waals surface area contributed by atoms with Crippen LogP contribution in [-0.4, -0.2) is 44.3 Å². The Balaban J connectivity index is 2.08. The lowest BCUT2D eigenvalue weighted by Gasteiger charge is -2.15. The van der Waals surface area contributed by atoms with E-state index in [9.17, 15) is 22.0 Å². The molecule has 7 nitrogen and oxygen atoms in total. The van der Waals surface area contributed by atoms with E-state index in [0.717, 1.165) is 23.1 Å². The molecule has 0 fully saturated rings. The van der Waals surface area contributed by atoms with Crippen LogP contribution in [0.4, 0.5) is 8.78 Å². The number of rotatable bonds is 8. The third kappa shape index (κ3) is 5.20. The van der Waals surface area contributed by atoms with E-state index in [2.05, 4.69) is 5.10 Å². The van der Waals surface area contributed by atoms with Crippen LogP contribution in [0, 0.1) is 11.6 Å². The normalized spacial score (nSPS) is 12.5. The number of methoxy groups -OCH3 is 1. The topological polar surface area (TPSA) is 87.5 Å². The average Bonchev–Trinajstić information content (AvgIpc) is 2.76. The van der Waals surface area contributed by atoms with Gasteiger partial charge in [-0.25, -0.2) is 17.2 Å². The fourth-order valence-corrected chi connectivity index (χ4v) is 3.54. The minimum absolute atomic E-state index is 0.0305. The Morgan fingerprint density at radius 2 is 1.78 bits per heavy atom. The molecule has 3 aromatic rings. The Bertz CT molecular complexity index is 1270. The number of benzene rings is 2. The van der Waals surface area contributed by atoms with Crippen LogP contribution < -0.4 is 10.3 Å². The Kier molecular flexibility index (Phi) is 7.05. The first-order valence-electron chi connectivity index (χ1n) is 9.65. The van der Waals surface area contributed by atoms with Gasteiger partial charge >= 0.3 is 5.56 Å². The summed E-state index contributed by atoms with van der Waals surface area (Å²) in [7, 11) is -1.83. The van der Waals surface area contributed by atoms with E-state index in [1.165, 1.54) is 24.4 Å². The SMILES string of the molecule is COC(C)CCOc1c(-c2ccc(S(C)(=O)=O)cc2)cnn(-c2ccc(F)c(F)c2)c1=O. The predicted octanol–water partition coefficient (Wildman–Crippen LogP) is 3.39. The van der Waals surface area contributed by atoms with E-state index in [1.807, 2.05) is 6.92 Å². The highest BCUT2D eigenvalue weighted by atomic mass is 32.2. The van der Waals surface area contributed by atoms with E-state index in [1.54, 1.807) is 19.2 Å². The number of halogens is 2. The molecule has 0 radical (unpaired) electrons. The fourth-order valence-electron chi connectivity index (χ4n) is 2.91. The molecule has 1 atom stereocenters. The molecule has 3 rings (SSSR count). The van der Waals surface area contributed by atoms with Crippen molar-refractivity contribution in [3.63, 3.8) is 0 Å². The van der Waals surface area contributed by atoms with Crippen LogP contribution in [0.15, 0.2) is 58.4 Å². The molecule has 0 aliphatic rings. The van der Waals surface area contributed by atoms with Crippen molar-refractivity contribution in [2.24, 2.45) is 0 Å². The van der Waals surface area contributed by atoms with Crippen molar-refractivity contribution in [1.82, 2.24) is 9.78 Å². The molecule has 1 aromatic heterocycles. The first-order chi connectivity index (χ1) is 15.1. The molecule has 32 heavy (non-hydrogen) atoms. The molecule has 10 heteroatoms. The summed E-state index contributed by atoms with van der Waals surface area (Å²) in [4.78, 5) is 13.3. The van der Waals surface area contributed by atoms with E-state index in [4.69, 9.17) is 9.47 Å². The van der Waals surface area contributed by atoms with Gasteiger partial charge in [0.25, 0.3) is 0 Å². The van der Waals surface area contributed by atoms with Crippen molar-refractivity contribution < 1.29 is 26.7 Å². The highest BCUT2D eigenvalue weighted by Crippen LogP contribution is 2.28. The number of sulfone groups is 1. The summed E-state index contributed by atoms with van der Waals surface area (Å²) in [6.07, 6.45) is 2.84. The molecule has 2 aromatic carbocycles. The fraction of sp³-hybridized carbons (Fsp3) is 0.273. The molecular weight excluding hydrogens is 442 g/mol. The number of ether oxygens (including phenoxy) is 2.